The summed E-state index contributed by atoms with van der Waals surface area (Å²) in [6.07, 6.45) is 0. The summed E-state index contributed by atoms with van der Waals surface area (Å²) < 4.78 is 6.05. The molecule has 0 unspecified atom stereocenters. The van der Waals surface area contributed by atoms with Crippen LogP contribution in [0.5, 0.6) is 0 Å². The summed E-state index contributed by atoms with van der Waals surface area (Å²) in [7, 11) is 0. The molecule has 0 saturated carbocycles. The van der Waals surface area contributed by atoms with Gasteiger partial charge in [0.1, 0.15) is 6.54 Å². The molecule has 2 rings (SSSR count). The second-order valence-corrected chi connectivity index (χ2v) is 5.91. The second kappa shape index (κ2) is 7.04. The van der Waals surface area contributed by atoms with Gasteiger partial charge in [-0.15, -0.1) is 0 Å². The topological polar surface area (TPSA) is 49.9 Å². The van der Waals surface area contributed by atoms with Crippen molar-refractivity contribution in [1.29, 1.82) is 0 Å². The third-order valence-corrected chi connectivity index (χ3v) is 4.07. The van der Waals surface area contributed by atoms with Crippen LogP contribution in [0.4, 0.5) is 5.69 Å². The molecule has 0 aromatic heterocycles. The number of morpholine rings is 1. The molecule has 0 spiro atoms. The molecule has 0 N–H and O–H groups in total. The number of carbonyl (C=O) groups is 2. The number of aryl methyl sites for hydroxylation is 1. The smallest absolute Gasteiger partial charge is 0.242 e. The zero-order valence-corrected chi connectivity index (χ0v) is 13.9. The zero-order valence-electron chi connectivity index (χ0n) is 12.3. The number of halogens is 1. The van der Waals surface area contributed by atoms with E-state index < -0.39 is 0 Å². The van der Waals surface area contributed by atoms with Gasteiger partial charge in [-0.25, -0.2) is 0 Å². The highest BCUT2D eigenvalue weighted by atomic mass is 79.9. The number of nitrogens with zero attached hydrogens (tertiary/aromatic N) is 2. The minimum Gasteiger partial charge on any atom is -0.378 e. The molecule has 1 saturated heterocycles. The largest absolute Gasteiger partial charge is 0.378 e. The third kappa shape index (κ3) is 4.04. The van der Waals surface area contributed by atoms with Crippen molar-refractivity contribution < 1.29 is 14.3 Å². The average molecular weight is 355 g/mol. The minimum atomic E-state index is -0.152. The Hall–Kier alpha value is -1.40. The number of amides is 2. The average Bonchev–Trinajstić information content (AvgIpc) is 2.46. The summed E-state index contributed by atoms with van der Waals surface area (Å²) in [5, 5.41) is 0. The molecule has 1 aromatic rings. The van der Waals surface area contributed by atoms with Gasteiger partial charge in [0.2, 0.25) is 11.8 Å². The lowest BCUT2D eigenvalue weighted by Crippen LogP contribution is -2.47. The fourth-order valence-corrected chi connectivity index (χ4v) is 2.95. The molecule has 1 aromatic carbocycles. The van der Waals surface area contributed by atoms with Crippen LogP contribution in [0.1, 0.15) is 12.5 Å². The van der Waals surface area contributed by atoms with Crippen LogP contribution in [0.25, 0.3) is 0 Å². The highest BCUT2D eigenvalue weighted by Crippen LogP contribution is 2.27. The van der Waals surface area contributed by atoms with Crippen LogP contribution >= 0.6 is 15.9 Å². The first kappa shape index (κ1) is 16.0. The fraction of sp³-hybridized carbons (Fsp3) is 0.467. The zero-order chi connectivity index (χ0) is 15.4. The van der Waals surface area contributed by atoms with E-state index in [2.05, 4.69) is 15.9 Å². The van der Waals surface area contributed by atoms with E-state index in [0.29, 0.717) is 26.3 Å². The molecule has 0 radical (unpaired) electrons. The molecule has 2 amide bonds. The van der Waals surface area contributed by atoms with Crippen molar-refractivity contribution >= 4 is 33.4 Å². The van der Waals surface area contributed by atoms with Crippen molar-refractivity contribution in [3.05, 3.63) is 28.2 Å². The minimum absolute atomic E-state index is 0.0526. The van der Waals surface area contributed by atoms with E-state index in [1.807, 2.05) is 25.1 Å². The van der Waals surface area contributed by atoms with Crippen LogP contribution in [0.2, 0.25) is 0 Å². The van der Waals surface area contributed by atoms with E-state index in [9.17, 15) is 9.59 Å². The monoisotopic (exact) mass is 354 g/mol. The fourth-order valence-electron chi connectivity index (χ4n) is 2.24. The Balaban J connectivity index is 2.15. The summed E-state index contributed by atoms with van der Waals surface area (Å²) in [4.78, 5) is 27.5. The first-order valence-electron chi connectivity index (χ1n) is 6.89. The predicted molar refractivity (Wildman–Crippen MR) is 84.3 cm³/mol. The lowest BCUT2D eigenvalue weighted by molar-refractivity contribution is -0.134. The molecule has 21 heavy (non-hydrogen) atoms. The van der Waals surface area contributed by atoms with Gasteiger partial charge in [0.25, 0.3) is 0 Å². The number of anilines is 1. The van der Waals surface area contributed by atoms with Gasteiger partial charge in [0, 0.05) is 24.5 Å². The van der Waals surface area contributed by atoms with Crippen molar-refractivity contribution in [1.82, 2.24) is 4.90 Å². The predicted octanol–water partition coefficient (Wildman–Crippen LogP) is 1.97. The molecule has 1 aliphatic heterocycles. The molecular weight excluding hydrogens is 336 g/mol. The second-order valence-electron chi connectivity index (χ2n) is 5.05. The van der Waals surface area contributed by atoms with E-state index in [1.54, 1.807) is 4.90 Å². The number of carbonyl (C=O) groups excluding carboxylic acids is 2. The van der Waals surface area contributed by atoms with Gasteiger partial charge in [-0.3, -0.25) is 9.59 Å². The maximum atomic E-state index is 12.3. The van der Waals surface area contributed by atoms with Crippen molar-refractivity contribution in [3.8, 4) is 0 Å². The van der Waals surface area contributed by atoms with Gasteiger partial charge < -0.3 is 14.5 Å². The van der Waals surface area contributed by atoms with Gasteiger partial charge in [-0.05, 0) is 40.5 Å². The van der Waals surface area contributed by atoms with Crippen molar-refractivity contribution in [2.75, 3.05) is 37.7 Å². The molecule has 0 bridgehead atoms. The Morgan fingerprint density at radius 3 is 2.57 bits per heavy atom. The van der Waals surface area contributed by atoms with Crippen LogP contribution in [-0.4, -0.2) is 49.6 Å². The SMILES string of the molecule is CC(=O)N(CC(=O)N1CCOCC1)c1ccc(C)cc1Br. The van der Waals surface area contributed by atoms with E-state index >= 15 is 0 Å². The molecule has 1 heterocycles. The molecule has 0 atom stereocenters. The molecule has 1 fully saturated rings. The number of ether oxygens (including phenoxy) is 1. The Morgan fingerprint density at radius 2 is 2.00 bits per heavy atom. The molecule has 6 heteroatoms. The van der Waals surface area contributed by atoms with Crippen LogP contribution < -0.4 is 4.90 Å². The van der Waals surface area contributed by atoms with Crippen LogP contribution in [0.3, 0.4) is 0 Å². The lowest BCUT2D eigenvalue weighted by Gasteiger charge is -2.30. The maximum absolute atomic E-state index is 12.3. The van der Waals surface area contributed by atoms with Crippen LogP contribution in [-0.2, 0) is 14.3 Å². The first-order valence-corrected chi connectivity index (χ1v) is 7.68. The number of hydrogen-bond donors (Lipinski definition) is 0. The molecular formula is C15H19BrN2O3. The third-order valence-electron chi connectivity index (χ3n) is 3.43. The van der Waals surface area contributed by atoms with Crippen molar-refractivity contribution in [2.45, 2.75) is 13.8 Å². The Morgan fingerprint density at radius 1 is 1.33 bits per heavy atom. The summed E-state index contributed by atoms with van der Waals surface area (Å²) in [6, 6.07) is 5.72. The lowest BCUT2D eigenvalue weighted by atomic mass is 10.2. The maximum Gasteiger partial charge on any atom is 0.242 e. The standard InChI is InChI=1S/C15H19BrN2O3/c1-11-3-4-14(13(16)9-11)18(12(2)19)10-15(20)17-5-7-21-8-6-17/h3-4,9H,5-8,10H2,1-2H3. The van der Waals surface area contributed by atoms with E-state index in [1.165, 1.54) is 11.8 Å². The summed E-state index contributed by atoms with van der Waals surface area (Å²) in [5.41, 5.74) is 1.81. The number of hydrogen-bond acceptors (Lipinski definition) is 3. The Kier molecular flexibility index (Phi) is 5.36. The van der Waals surface area contributed by atoms with Crippen LogP contribution in [0, 0.1) is 6.92 Å². The number of benzene rings is 1. The van der Waals surface area contributed by atoms with Crippen molar-refractivity contribution in [2.24, 2.45) is 0 Å². The molecule has 5 nitrogen and oxygen atoms in total. The highest BCUT2D eigenvalue weighted by Gasteiger charge is 2.23. The first-order chi connectivity index (χ1) is 9.99. The number of rotatable bonds is 3. The Bertz CT molecular complexity index is 542. The summed E-state index contributed by atoms with van der Waals surface area (Å²) in [5.74, 6) is -0.206. The Labute approximate surface area is 133 Å². The van der Waals surface area contributed by atoms with E-state index in [-0.39, 0.29) is 18.4 Å². The quantitative estimate of drug-likeness (QED) is 0.833. The van der Waals surface area contributed by atoms with E-state index in [0.717, 1.165) is 15.7 Å². The summed E-state index contributed by atoms with van der Waals surface area (Å²) in [6.45, 7) is 5.78. The van der Waals surface area contributed by atoms with Gasteiger partial charge in [-0.2, -0.15) is 0 Å². The molecule has 0 aliphatic carbocycles. The van der Waals surface area contributed by atoms with Gasteiger partial charge >= 0.3 is 0 Å². The normalized spacial score (nSPS) is 14.9. The molecule has 114 valence electrons. The summed E-state index contributed by atoms with van der Waals surface area (Å²) >= 11 is 3.46. The molecule has 1 aliphatic rings. The van der Waals surface area contributed by atoms with Crippen LogP contribution in [0.15, 0.2) is 22.7 Å². The van der Waals surface area contributed by atoms with Crippen molar-refractivity contribution in [3.63, 3.8) is 0 Å². The van der Waals surface area contributed by atoms with Gasteiger partial charge in [-0.1, -0.05) is 6.07 Å². The van der Waals surface area contributed by atoms with E-state index in [4.69, 9.17) is 4.74 Å². The van der Waals surface area contributed by atoms with Gasteiger partial charge in [0.05, 0.1) is 18.9 Å². The highest BCUT2D eigenvalue weighted by molar-refractivity contribution is 9.10. The van der Waals surface area contributed by atoms with Gasteiger partial charge in [0.15, 0.2) is 0 Å².